The lowest BCUT2D eigenvalue weighted by Crippen LogP contribution is -2.62. The van der Waals surface area contributed by atoms with Crippen LogP contribution in [-0.4, -0.2) is 109 Å². The molecule has 1 aliphatic heterocycles. The fourth-order valence-electron chi connectivity index (χ4n) is 6.27. The van der Waals surface area contributed by atoms with Crippen LogP contribution in [0.2, 0.25) is 0 Å². The van der Waals surface area contributed by atoms with E-state index in [-0.39, 0.29) is 42.6 Å². The Bertz CT molecular complexity index is 1210. The van der Waals surface area contributed by atoms with E-state index < -0.39 is 41.0 Å². The van der Waals surface area contributed by atoms with Gasteiger partial charge in [-0.2, -0.15) is 0 Å². The van der Waals surface area contributed by atoms with E-state index in [1.807, 2.05) is 78.8 Å². The fourth-order valence-corrected chi connectivity index (χ4v) is 6.27. The smallest absolute Gasteiger partial charge is 0.328 e. The number of likely N-dealkylation sites (tertiary alicyclic amines) is 1. The van der Waals surface area contributed by atoms with Crippen LogP contribution in [0.1, 0.15) is 80.2 Å². The van der Waals surface area contributed by atoms with Gasteiger partial charge in [0.25, 0.3) is 0 Å². The first kappa shape index (κ1) is 38.7. The molecule has 258 valence electrons. The molecular weight excluding hydrogens is 586 g/mol. The van der Waals surface area contributed by atoms with Gasteiger partial charge in [0, 0.05) is 32.5 Å². The fraction of sp³-hybridized carbons (Fsp3) is 0.686. The lowest BCUT2D eigenvalue weighted by atomic mass is 9.76. The molecule has 1 fully saturated rings. The normalized spacial score (nSPS) is 17.5. The van der Waals surface area contributed by atoms with E-state index in [0.717, 1.165) is 18.4 Å². The molecule has 1 aromatic carbocycles. The van der Waals surface area contributed by atoms with Gasteiger partial charge >= 0.3 is 5.97 Å². The minimum Gasteiger partial charge on any atom is -0.467 e. The molecule has 4 amide bonds. The van der Waals surface area contributed by atoms with Crippen LogP contribution in [0, 0.1) is 11.3 Å². The number of hydrogen-bond donors (Lipinski definition) is 2. The molecule has 4 atom stereocenters. The summed E-state index contributed by atoms with van der Waals surface area (Å²) in [7, 11) is 4.72. The first-order valence-electron chi connectivity index (χ1n) is 16.3. The topological polar surface area (TPSA) is 128 Å². The number of likely N-dealkylation sites (N-methyl/N-ethyl adjacent to an activating group) is 2. The lowest BCUT2D eigenvalue weighted by molar-refractivity contribution is -0.156. The van der Waals surface area contributed by atoms with E-state index in [0.29, 0.717) is 13.0 Å². The zero-order chi connectivity index (χ0) is 35.0. The molecular formula is C35H57N5O6. The van der Waals surface area contributed by atoms with E-state index in [1.54, 1.807) is 19.0 Å². The first-order valence-corrected chi connectivity index (χ1v) is 16.3. The van der Waals surface area contributed by atoms with Crippen molar-refractivity contribution in [1.29, 1.82) is 0 Å². The largest absolute Gasteiger partial charge is 0.467 e. The number of benzene rings is 1. The highest BCUT2D eigenvalue weighted by Crippen LogP contribution is 2.29. The summed E-state index contributed by atoms with van der Waals surface area (Å²) in [5.41, 5.74) is -0.222. The van der Waals surface area contributed by atoms with Crippen LogP contribution < -0.4 is 10.6 Å². The summed E-state index contributed by atoms with van der Waals surface area (Å²) < 4.78 is 4.93. The second-order valence-electron chi connectivity index (χ2n) is 14.4. The van der Waals surface area contributed by atoms with Crippen molar-refractivity contribution in [3.05, 3.63) is 35.9 Å². The lowest BCUT2D eigenvalue weighted by Gasteiger charge is -2.41. The Hall–Kier alpha value is -3.47. The molecule has 0 spiro atoms. The number of esters is 1. The summed E-state index contributed by atoms with van der Waals surface area (Å²) in [5, 5.41) is 6.21. The van der Waals surface area contributed by atoms with Crippen molar-refractivity contribution in [3.8, 4) is 0 Å². The average Bonchev–Trinajstić information content (AvgIpc) is 3.00. The molecule has 1 unspecified atom stereocenters. The molecule has 0 aliphatic carbocycles. The molecule has 2 N–H and O–H groups in total. The Labute approximate surface area is 275 Å². The number of carbonyl (C=O) groups is 5. The van der Waals surface area contributed by atoms with Gasteiger partial charge in [0.2, 0.25) is 23.6 Å². The first-order chi connectivity index (χ1) is 21.4. The number of amides is 4. The standard InChI is InChI=1S/C35H57N5O6/c1-23(2)27(21-39(24(3)41)22-28(42)40-20-16-15-19-26(40)33(45)46-11)38(10)32(44)30(34(4,5)6)37-31(43)29(36-9)35(7,8)25-17-13-12-14-18-25/h12-14,17-18,23,26-27,29-30,36H,15-16,19-22H2,1-11H3,(H,37,43)/t26-,27+,29+,30?/m0/s1. The van der Waals surface area contributed by atoms with Crippen LogP contribution in [0.4, 0.5) is 0 Å². The van der Waals surface area contributed by atoms with Gasteiger partial charge in [-0.15, -0.1) is 0 Å². The number of nitrogens with zero attached hydrogens (tertiary/aromatic N) is 3. The molecule has 1 aliphatic rings. The third-order valence-electron chi connectivity index (χ3n) is 9.28. The Balaban J connectivity index is 2.30. The van der Waals surface area contributed by atoms with Gasteiger partial charge in [0.05, 0.1) is 25.7 Å². The zero-order valence-corrected chi connectivity index (χ0v) is 29.8. The summed E-state index contributed by atoms with van der Waals surface area (Å²) in [6.07, 6.45) is 2.09. The maximum Gasteiger partial charge on any atom is 0.328 e. The van der Waals surface area contributed by atoms with Gasteiger partial charge in [-0.1, -0.05) is 78.8 Å². The van der Waals surface area contributed by atoms with Gasteiger partial charge in [0.1, 0.15) is 12.1 Å². The molecule has 0 aromatic heterocycles. The molecule has 1 saturated heterocycles. The van der Waals surface area contributed by atoms with Crippen molar-refractivity contribution in [1.82, 2.24) is 25.3 Å². The van der Waals surface area contributed by atoms with E-state index in [1.165, 1.54) is 23.8 Å². The van der Waals surface area contributed by atoms with Gasteiger partial charge in [-0.25, -0.2) is 4.79 Å². The van der Waals surface area contributed by atoms with Crippen molar-refractivity contribution in [2.75, 3.05) is 40.8 Å². The van der Waals surface area contributed by atoms with Gasteiger partial charge < -0.3 is 30.1 Å². The molecule has 2 rings (SSSR count). The zero-order valence-electron chi connectivity index (χ0n) is 29.8. The van der Waals surface area contributed by atoms with E-state index in [2.05, 4.69) is 10.6 Å². The van der Waals surface area contributed by atoms with Crippen molar-refractivity contribution in [2.45, 2.75) is 104 Å². The molecule has 0 radical (unpaired) electrons. The Kier molecular flexibility index (Phi) is 13.8. The van der Waals surface area contributed by atoms with Crippen molar-refractivity contribution >= 4 is 29.6 Å². The van der Waals surface area contributed by atoms with Crippen LogP contribution >= 0.6 is 0 Å². The number of methoxy groups -OCH3 is 1. The predicted octanol–water partition coefficient (Wildman–Crippen LogP) is 2.97. The van der Waals surface area contributed by atoms with E-state index in [9.17, 15) is 24.0 Å². The highest BCUT2D eigenvalue weighted by molar-refractivity contribution is 5.91. The number of ether oxygens (including phenoxy) is 1. The predicted molar refractivity (Wildman–Crippen MR) is 179 cm³/mol. The third-order valence-corrected chi connectivity index (χ3v) is 9.28. The number of rotatable bonds is 13. The van der Waals surface area contributed by atoms with Crippen LogP contribution in [0.5, 0.6) is 0 Å². The molecule has 1 aromatic rings. The number of piperidine rings is 1. The Morgan fingerprint density at radius 1 is 1.00 bits per heavy atom. The van der Waals surface area contributed by atoms with Crippen LogP contribution in [0.3, 0.4) is 0 Å². The van der Waals surface area contributed by atoms with Crippen molar-refractivity contribution in [3.63, 3.8) is 0 Å². The summed E-state index contributed by atoms with van der Waals surface area (Å²) in [6, 6.07) is 7.16. The molecule has 11 heteroatoms. The second-order valence-corrected chi connectivity index (χ2v) is 14.4. The molecule has 46 heavy (non-hydrogen) atoms. The van der Waals surface area contributed by atoms with Gasteiger partial charge in [-0.3, -0.25) is 19.2 Å². The minimum atomic E-state index is -0.866. The maximum absolute atomic E-state index is 14.2. The van der Waals surface area contributed by atoms with E-state index >= 15 is 0 Å². The maximum atomic E-state index is 14.2. The van der Waals surface area contributed by atoms with Crippen LogP contribution in [0.25, 0.3) is 0 Å². The Morgan fingerprint density at radius 2 is 1.61 bits per heavy atom. The Morgan fingerprint density at radius 3 is 2.11 bits per heavy atom. The molecule has 0 bridgehead atoms. The number of carbonyl (C=O) groups excluding carboxylic acids is 5. The summed E-state index contributed by atoms with van der Waals surface area (Å²) in [4.78, 5) is 71.2. The second kappa shape index (κ2) is 16.4. The molecule has 0 saturated carbocycles. The molecule has 1 heterocycles. The number of nitrogens with one attached hydrogen (secondary N) is 2. The quantitative estimate of drug-likeness (QED) is 0.317. The molecule has 11 nitrogen and oxygen atoms in total. The summed E-state index contributed by atoms with van der Waals surface area (Å²) >= 11 is 0. The van der Waals surface area contributed by atoms with E-state index in [4.69, 9.17) is 4.74 Å². The summed E-state index contributed by atoms with van der Waals surface area (Å²) in [5.74, 6) is -1.77. The van der Waals surface area contributed by atoms with Gasteiger partial charge in [-0.05, 0) is 43.2 Å². The highest BCUT2D eigenvalue weighted by atomic mass is 16.5. The monoisotopic (exact) mass is 643 g/mol. The van der Waals surface area contributed by atoms with Crippen LogP contribution in [-0.2, 0) is 34.1 Å². The SMILES string of the molecule is CN[C@H](C(=O)NC(C(=O)N(C)[C@H](CN(CC(=O)N1CCCC[C@H]1C(=O)OC)C(C)=O)C(C)C)C(C)(C)C)C(C)(C)c1ccccc1. The summed E-state index contributed by atoms with van der Waals surface area (Å²) in [6.45, 7) is 15.3. The van der Waals surface area contributed by atoms with Crippen molar-refractivity contribution < 1.29 is 28.7 Å². The van der Waals surface area contributed by atoms with Gasteiger partial charge in [0.15, 0.2) is 0 Å². The highest BCUT2D eigenvalue weighted by Gasteiger charge is 2.42. The average molecular weight is 644 g/mol. The van der Waals surface area contributed by atoms with Crippen molar-refractivity contribution in [2.24, 2.45) is 11.3 Å². The minimum absolute atomic E-state index is 0.0814. The van der Waals surface area contributed by atoms with Crippen LogP contribution in [0.15, 0.2) is 30.3 Å². The third kappa shape index (κ3) is 9.53. The number of hydrogen-bond acceptors (Lipinski definition) is 7.